The fraction of sp³-hybridized carbons (Fsp3) is 0.789. The third-order valence-electron chi connectivity index (χ3n) is 5.71. The van der Waals surface area contributed by atoms with E-state index in [4.69, 9.17) is 38.0 Å². The standard InChI is InChI=1S/C19H27NO10/c1-17(2)25-8-9(27-17)12-19(13-16(26-12)29-18(3,4)28-13)10(14(21)23-6)11(15(22)24-7)30-20(19)5/h9,12-13,16H,8H2,1-7H3/t9-,12-,13+,16-,19?/m1/s1. The zero-order valence-corrected chi connectivity index (χ0v) is 18.0. The quantitative estimate of drug-likeness (QED) is 0.575. The first-order chi connectivity index (χ1) is 14.0. The van der Waals surface area contributed by atoms with Crippen LogP contribution in [0.4, 0.5) is 0 Å². The maximum atomic E-state index is 13.0. The number of methoxy groups -OCH3 is 2. The predicted octanol–water partition coefficient (Wildman–Crippen LogP) is 0.230. The van der Waals surface area contributed by atoms with Gasteiger partial charge in [-0.25, -0.2) is 9.59 Å². The van der Waals surface area contributed by atoms with E-state index in [9.17, 15) is 9.59 Å². The van der Waals surface area contributed by atoms with Gasteiger partial charge in [-0.2, -0.15) is 0 Å². The van der Waals surface area contributed by atoms with Crippen LogP contribution in [0.2, 0.25) is 0 Å². The molecule has 0 aromatic carbocycles. The first-order valence-corrected chi connectivity index (χ1v) is 9.63. The van der Waals surface area contributed by atoms with Crippen LogP contribution in [0.5, 0.6) is 0 Å². The molecule has 0 aliphatic carbocycles. The van der Waals surface area contributed by atoms with Gasteiger partial charge in [0.2, 0.25) is 5.76 Å². The fourth-order valence-corrected chi connectivity index (χ4v) is 4.60. The van der Waals surface area contributed by atoms with Crippen LogP contribution in [0.3, 0.4) is 0 Å². The number of likely N-dealkylation sites (N-methyl/N-ethyl adjacent to an activating group) is 1. The van der Waals surface area contributed by atoms with E-state index >= 15 is 0 Å². The Balaban J connectivity index is 1.88. The fourth-order valence-electron chi connectivity index (χ4n) is 4.60. The molecule has 0 aromatic heterocycles. The van der Waals surface area contributed by atoms with Gasteiger partial charge >= 0.3 is 11.9 Å². The molecule has 1 spiro atoms. The lowest BCUT2D eigenvalue weighted by Gasteiger charge is -2.40. The number of fused-ring (bicyclic) bond motifs is 2. The molecule has 0 bridgehead atoms. The minimum absolute atomic E-state index is 0.0774. The van der Waals surface area contributed by atoms with Crippen LogP contribution < -0.4 is 0 Å². The van der Waals surface area contributed by atoms with Gasteiger partial charge < -0.3 is 38.0 Å². The third kappa shape index (κ3) is 2.95. The first-order valence-electron chi connectivity index (χ1n) is 9.63. The number of carbonyl (C=O) groups excluding carboxylic acids is 2. The van der Waals surface area contributed by atoms with Crippen LogP contribution in [0.25, 0.3) is 0 Å². The van der Waals surface area contributed by atoms with Gasteiger partial charge in [0.1, 0.15) is 23.9 Å². The molecule has 1 unspecified atom stereocenters. The minimum atomic E-state index is -1.41. The van der Waals surface area contributed by atoms with E-state index in [0.29, 0.717) is 0 Å². The second-order valence-corrected chi connectivity index (χ2v) is 8.45. The molecule has 4 aliphatic rings. The molecular formula is C19H27NO10. The zero-order chi connectivity index (χ0) is 22.1. The molecule has 4 rings (SSSR count). The Labute approximate surface area is 174 Å². The molecule has 5 atom stereocenters. The van der Waals surface area contributed by atoms with E-state index in [0.717, 1.165) is 0 Å². The van der Waals surface area contributed by atoms with Crippen molar-refractivity contribution >= 4 is 11.9 Å². The lowest BCUT2D eigenvalue weighted by molar-refractivity contribution is -0.253. The highest BCUT2D eigenvalue weighted by molar-refractivity contribution is 6.01. The maximum absolute atomic E-state index is 13.0. The molecule has 4 aliphatic heterocycles. The molecular weight excluding hydrogens is 402 g/mol. The maximum Gasteiger partial charge on any atom is 0.376 e. The van der Waals surface area contributed by atoms with Gasteiger partial charge in [0, 0.05) is 7.05 Å². The highest BCUT2D eigenvalue weighted by atomic mass is 16.8. The summed E-state index contributed by atoms with van der Waals surface area (Å²) in [6.45, 7) is 7.20. The van der Waals surface area contributed by atoms with E-state index in [-0.39, 0.29) is 17.9 Å². The number of carbonyl (C=O) groups is 2. The Morgan fingerprint density at radius 3 is 2.20 bits per heavy atom. The van der Waals surface area contributed by atoms with Crippen molar-refractivity contribution in [2.75, 3.05) is 27.9 Å². The number of nitrogens with zero attached hydrogens (tertiary/aromatic N) is 1. The molecule has 0 radical (unpaired) electrons. The van der Waals surface area contributed by atoms with E-state index in [1.165, 1.54) is 19.3 Å². The Morgan fingerprint density at radius 1 is 0.967 bits per heavy atom. The number of hydrogen-bond donors (Lipinski definition) is 0. The van der Waals surface area contributed by atoms with Crippen molar-refractivity contribution in [3.05, 3.63) is 11.3 Å². The number of ether oxygens (including phenoxy) is 7. The molecule has 11 nitrogen and oxygen atoms in total. The third-order valence-corrected chi connectivity index (χ3v) is 5.71. The normalized spacial score (nSPS) is 39.3. The molecule has 3 saturated heterocycles. The number of hydrogen-bond acceptors (Lipinski definition) is 11. The van der Waals surface area contributed by atoms with E-state index in [1.54, 1.807) is 34.7 Å². The highest BCUT2D eigenvalue weighted by Crippen LogP contribution is 2.55. The average Bonchev–Trinajstić information content (AvgIpc) is 3.35. The second-order valence-electron chi connectivity index (χ2n) is 8.45. The van der Waals surface area contributed by atoms with Crippen molar-refractivity contribution in [2.45, 2.75) is 69.4 Å². The van der Waals surface area contributed by atoms with Gasteiger partial charge in [-0.3, -0.25) is 0 Å². The van der Waals surface area contributed by atoms with E-state index in [1.807, 2.05) is 0 Å². The Hall–Kier alpha value is -1.76. The number of hydroxylamine groups is 2. The summed E-state index contributed by atoms with van der Waals surface area (Å²) in [7, 11) is 3.98. The molecule has 0 N–H and O–H groups in total. The van der Waals surface area contributed by atoms with Crippen molar-refractivity contribution in [1.29, 1.82) is 0 Å². The summed E-state index contributed by atoms with van der Waals surface area (Å²) < 4.78 is 39.9. The summed E-state index contributed by atoms with van der Waals surface area (Å²) >= 11 is 0. The summed E-state index contributed by atoms with van der Waals surface area (Å²) in [5.41, 5.74) is -1.49. The van der Waals surface area contributed by atoms with Crippen LogP contribution in [0.15, 0.2) is 11.3 Å². The van der Waals surface area contributed by atoms with Crippen LogP contribution in [-0.4, -0.2) is 86.6 Å². The van der Waals surface area contributed by atoms with Crippen LogP contribution in [-0.2, 0) is 47.6 Å². The lowest BCUT2D eigenvalue weighted by Crippen LogP contribution is -2.63. The van der Waals surface area contributed by atoms with Crippen molar-refractivity contribution in [3.8, 4) is 0 Å². The molecule has 4 heterocycles. The minimum Gasteiger partial charge on any atom is -0.465 e. The van der Waals surface area contributed by atoms with Gasteiger partial charge in [-0.1, -0.05) is 0 Å². The summed E-state index contributed by atoms with van der Waals surface area (Å²) in [6, 6.07) is 0. The summed E-state index contributed by atoms with van der Waals surface area (Å²) in [4.78, 5) is 31.2. The Kier molecular flexibility index (Phi) is 4.92. The molecule has 30 heavy (non-hydrogen) atoms. The monoisotopic (exact) mass is 429 g/mol. The van der Waals surface area contributed by atoms with Crippen molar-refractivity contribution in [2.24, 2.45) is 0 Å². The van der Waals surface area contributed by atoms with Gasteiger partial charge in [0.25, 0.3) is 0 Å². The summed E-state index contributed by atoms with van der Waals surface area (Å²) in [6.07, 6.45) is -3.12. The number of rotatable bonds is 3. The molecule has 0 aromatic rings. The van der Waals surface area contributed by atoms with Crippen LogP contribution >= 0.6 is 0 Å². The average molecular weight is 429 g/mol. The van der Waals surface area contributed by atoms with Gasteiger partial charge in [0.05, 0.1) is 20.8 Å². The summed E-state index contributed by atoms with van der Waals surface area (Å²) in [5.74, 6) is -3.75. The molecule has 168 valence electrons. The van der Waals surface area contributed by atoms with Gasteiger partial charge in [-0.15, -0.1) is 5.06 Å². The topological polar surface area (TPSA) is 111 Å². The van der Waals surface area contributed by atoms with Crippen molar-refractivity contribution in [3.63, 3.8) is 0 Å². The Morgan fingerprint density at radius 2 is 1.63 bits per heavy atom. The van der Waals surface area contributed by atoms with E-state index < -0.39 is 53.7 Å². The smallest absolute Gasteiger partial charge is 0.376 e. The van der Waals surface area contributed by atoms with Crippen molar-refractivity contribution in [1.82, 2.24) is 5.06 Å². The highest BCUT2D eigenvalue weighted by Gasteiger charge is 2.75. The van der Waals surface area contributed by atoms with Gasteiger partial charge in [0.15, 0.2) is 23.4 Å². The Bertz CT molecular complexity index is 792. The van der Waals surface area contributed by atoms with Gasteiger partial charge in [-0.05, 0) is 27.7 Å². The summed E-state index contributed by atoms with van der Waals surface area (Å²) in [5, 5.41) is 1.36. The number of esters is 2. The molecule has 0 amide bonds. The SMILES string of the molecule is COC(=O)C1=C(C(=O)OC)C2([C@@H]([C@H]3COC(C)(C)O3)O[C@@H]3OC(C)(C)O[C@@H]32)N(C)O1. The molecule has 11 heteroatoms. The molecule has 0 saturated carbocycles. The first kappa shape index (κ1) is 21.5. The van der Waals surface area contributed by atoms with E-state index in [2.05, 4.69) is 0 Å². The van der Waals surface area contributed by atoms with Crippen LogP contribution in [0.1, 0.15) is 27.7 Å². The largest absolute Gasteiger partial charge is 0.465 e. The zero-order valence-electron chi connectivity index (χ0n) is 18.0. The van der Waals surface area contributed by atoms with Crippen molar-refractivity contribution < 1.29 is 47.6 Å². The predicted molar refractivity (Wildman–Crippen MR) is 96.2 cm³/mol. The molecule has 3 fully saturated rings. The lowest BCUT2D eigenvalue weighted by atomic mass is 9.78. The van der Waals surface area contributed by atoms with Crippen LogP contribution in [0, 0.1) is 0 Å². The second kappa shape index (κ2) is 6.87.